The highest BCUT2D eigenvalue weighted by Crippen LogP contribution is 2.30. The maximum Gasteiger partial charge on any atom is 0.235 e. The van der Waals surface area contributed by atoms with E-state index in [4.69, 9.17) is 4.74 Å². The van der Waals surface area contributed by atoms with Crippen molar-refractivity contribution in [3.63, 3.8) is 0 Å². The zero-order valence-corrected chi connectivity index (χ0v) is 18.6. The molecule has 164 valence electrons. The van der Waals surface area contributed by atoms with Gasteiger partial charge in [0, 0.05) is 12.1 Å². The van der Waals surface area contributed by atoms with Crippen LogP contribution in [0.3, 0.4) is 0 Å². The molecule has 0 aliphatic heterocycles. The van der Waals surface area contributed by atoms with Gasteiger partial charge in [-0.3, -0.25) is 4.79 Å². The predicted octanol–water partition coefficient (Wildman–Crippen LogP) is 3.08. The summed E-state index contributed by atoms with van der Waals surface area (Å²) in [5.41, 5.74) is 1.19. The Balaban J connectivity index is 1.91. The number of ether oxygens (including phenoxy) is 1. The summed E-state index contributed by atoms with van der Waals surface area (Å²) < 4.78 is 44.7. The number of sulfonamides is 1. The van der Waals surface area contributed by atoms with Crippen molar-refractivity contribution in [1.82, 2.24) is 9.62 Å². The van der Waals surface area contributed by atoms with Crippen molar-refractivity contribution in [2.75, 3.05) is 26.0 Å². The molecule has 0 spiro atoms. The number of carbonyl (C=O) groups is 1. The minimum Gasteiger partial charge on any atom is -0.491 e. The van der Waals surface area contributed by atoms with Gasteiger partial charge in [0.15, 0.2) is 0 Å². The predicted molar refractivity (Wildman–Crippen MR) is 115 cm³/mol. The van der Waals surface area contributed by atoms with E-state index in [2.05, 4.69) is 26.1 Å². The highest BCUT2D eigenvalue weighted by atomic mass is 32.2. The second-order valence-corrected chi connectivity index (χ2v) is 10.0. The molecule has 0 saturated carbocycles. The zero-order valence-electron chi connectivity index (χ0n) is 17.8. The van der Waals surface area contributed by atoms with Crippen molar-refractivity contribution in [1.29, 1.82) is 0 Å². The van der Waals surface area contributed by atoms with E-state index in [1.807, 2.05) is 24.3 Å². The van der Waals surface area contributed by atoms with E-state index in [0.717, 1.165) is 21.9 Å². The lowest BCUT2D eigenvalue weighted by Gasteiger charge is -2.23. The fourth-order valence-corrected chi connectivity index (χ4v) is 3.61. The van der Waals surface area contributed by atoms with Crippen LogP contribution in [0.4, 0.5) is 4.39 Å². The lowest BCUT2D eigenvalue weighted by molar-refractivity contribution is -0.121. The Kier molecular flexibility index (Phi) is 7.97. The van der Waals surface area contributed by atoms with Crippen molar-refractivity contribution in [3.05, 3.63) is 65.5 Å². The highest BCUT2D eigenvalue weighted by molar-refractivity contribution is 7.88. The van der Waals surface area contributed by atoms with Crippen molar-refractivity contribution in [2.45, 2.75) is 32.7 Å². The van der Waals surface area contributed by atoms with E-state index in [-0.39, 0.29) is 30.7 Å². The number of rotatable bonds is 9. The molecule has 0 radical (unpaired) electrons. The molecule has 0 aliphatic carbocycles. The lowest BCUT2D eigenvalue weighted by Crippen LogP contribution is -2.41. The van der Waals surface area contributed by atoms with Crippen molar-refractivity contribution in [2.24, 2.45) is 0 Å². The molecule has 0 aromatic heterocycles. The first kappa shape index (κ1) is 23.8. The normalized spacial score (nSPS) is 12.1. The third-order valence-electron chi connectivity index (χ3n) is 4.47. The van der Waals surface area contributed by atoms with Crippen LogP contribution in [-0.2, 0) is 26.8 Å². The quantitative estimate of drug-likeness (QED) is 0.613. The maximum absolute atomic E-state index is 13.9. The van der Waals surface area contributed by atoms with Crippen LogP contribution in [-0.4, -0.2) is 44.6 Å². The van der Waals surface area contributed by atoms with Gasteiger partial charge in [-0.15, -0.1) is 0 Å². The first-order valence-electron chi connectivity index (χ1n) is 9.66. The number of benzene rings is 2. The molecule has 0 fully saturated rings. The van der Waals surface area contributed by atoms with Crippen LogP contribution in [0.15, 0.2) is 48.5 Å². The van der Waals surface area contributed by atoms with Crippen LogP contribution in [0.25, 0.3) is 0 Å². The van der Waals surface area contributed by atoms with Gasteiger partial charge in [0.2, 0.25) is 15.9 Å². The Morgan fingerprint density at radius 1 is 1.10 bits per heavy atom. The summed E-state index contributed by atoms with van der Waals surface area (Å²) in [7, 11) is -3.70. The molecule has 8 heteroatoms. The minimum absolute atomic E-state index is 0.0808. The summed E-state index contributed by atoms with van der Waals surface area (Å²) in [6, 6.07) is 13.6. The molecular weight excluding hydrogens is 407 g/mol. The summed E-state index contributed by atoms with van der Waals surface area (Å²) in [6.07, 6.45) is 0.994. The Hall–Kier alpha value is -2.45. The molecule has 30 heavy (non-hydrogen) atoms. The average Bonchev–Trinajstić information content (AvgIpc) is 2.65. The number of halogens is 1. The maximum atomic E-state index is 13.9. The smallest absolute Gasteiger partial charge is 0.235 e. The van der Waals surface area contributed by atoms with E-state index in [1.165, 1.54) is 18.2 Å². The molecule has 2 aromatic rings. The summed E-state index contributed by atoms with van der Waals surface area (Å²) in [5.74, 6) is -0.251. The van der Waals surface area contributed by atoms with Gasteiger partial charge in [-0.25, -0.2) is 12.8 Å². The molecule has 2 aromatic carbocycles. The van der Waals surface area contributed by atoms with Gasteiger partial charge in [-0.05, 0) is 23.1 Å². The molecule has 6 nitrogen and oxygen atoms in total. The van der Waals surface area contributed by atoms with Crippen molar-refractivity contribution >= 4 is 15.9 Å². The number of hydrogen-bond donors (Lipinski definition) is 1. The summed E-state index contributed by atoms with van der Waals surface area (Å²) in [4.78, 5) is 12.2. The van der Waals surface area contributed by atoms with Gasteiger partial charge in [0.25, 0.3) is 0 Å². The minimum atomic E-state index is -3.70. The average molecular weight is 437 g/mol. The van der Waals surface area contributed by atoms with Crippen LogP contribution in [0.5, 0.6) is 5.75 Å². The van der Waals surface area contributed by atoms with Crippen molar-refractivity contribution < 1.29 is 22.3 Å². The molecule has 0 unspecified atom stereocenters. The molecule has 0 saturated heterocycles. The second-order valence-electron chi connectivity index (χ2n) is 8.07. The van der Waals surface area contributed by atoms with Gasteiger partial charge in [0.05, 0.1) is 19.3 Å². The van der Waals surface area contributed by atoms with E-state index in [0.29, 0.717) is 0 Å². The van der Waals surface area contributed by atoms with E-state index in [1.54, 1.807) is 6.07 Å². The van der Waals surface area contributed by atoms with Crippen LogP contribution in [0.2, 0.25) is 0 Å². The summed E-state index contributed by atoms with van der Waals surface area (Å²) >= 11 is 0. The Labute approximate surface area is 178 Å². The van der Waals surface area contributed by atoms with Gasteiger partial charge >= 0.3 is 0 Å². The van der Waals surface area contributed by atoms with Gasteiger partial charge in [-0.1, -0.05) is 57.2 Å². The Morgan fingerprint density at radius 2 is 1.73 bits per heavy atom. The molecule has 1 amide bonds. The fraction of sp³-hybridized carbons (Fsp3) is 0.409. The van der Waals surface area contributed by atoms with Gasteiger partial charge in [-0.2, -0.15) is 4.31 Å². The summed E-state index contributed by atoms with van der Waals surface area (Å²) in [6.45, 7) is 6.12. The second kappa shape index (κ2) is 10.0. The number of hydrogen-bond acceptors (Lipinski definition) is 4. The van der Waals surface area contributed by atoms with Crippen LogP contribution in [0, 0.1) is 5.82 Å². The third-order valence-corrected chi connectivity index (χ3v) is 5.67. The monoisotopic (exact) mass is 436 g/mol. The molecule has 1 N–H and O–H groups in total. The Morgan fingerprint density at radius 3 is 2.37 bits per heavy atom. The molecule has 2 rings (SSSR count). The molecule has 0 heterocycles. The van der Waals surface area contributed by atoms with Gasteiger partial charge < -0.3 is 10.1 Å². The molecule has 0 atom stereocenters. The Bertz CT molecular complexity index is 971. The standard InChI is InChI=1S/C22H29FN2O4S/c1-22(2,3)18-10-6-8-12-20(18)29-14-13-24-21(26)16-25(30(4,27)28)15-17-9-5-7-11-19(17)23/h5-12H,13-16H2,1-4H3,(H,24,26). The molecule has 0 aliphatic rings. The number of amides is 1. The van der Waals surface area contributed by atoms with E-state index >= 15 is 0 Å². The third kappa shape index (κ3) is 7.11. The molecular formula is C22H29FN2O4S. The number of nitrogens with one attached hydrogen (secondary N) is 1. The number of nitrogens with zero attached hydrogens (tertiary/aromatic N) is 1. The first-order valence-corrected chi connectivity index (χ1v) is 11.5. The zero-order chi connectivity index (χ0) is 22.4. The first-order chi connectivity index (χ1) is 14.0. The van der Waals surface area contributed by atoms with Crippen LogP contribution >= 0.6 is 0 Å². The largest absolute Gasteiger partial charge is 0.491 e. The number of carbonyl (C=O) groups excluding carboxylic acids is 1. The lowest BCUT2D eigenvalue weighted by atomic mass is 9.86. The topological polar surface area (TPSA) is 75.7 Å². The molecule has 0 bridgehead atoms. The SMILES string of the molecule is CC(C)(C)c1ccccc1OCCNC(=O)CN(Cc1ccccc1F)S(C)(=O)=O. The fourth-order valence-electron chi connectivity index (χ4n) is 2.89. The van der Waals surface area contributed by atoms with Crippen molar-refractivity contribution in [3.8, 4) is 5.75 Å². The number of para-hydroxylation sites is 1. The van der Waals surface area contributed by atoms with Gasteiger partial charge in [0.1, 0.15) is 18.2 Å². The van der Waals surface area contributed by atoms with Crippen LogP contribution < -0.4 is 10.1 Å². The van der Waals surface area contributed by atoms with E-state index < -0.39 is 28.3 Å². The highest BCUT2D eigenvalue weighted by Gasteiger charge is 2.22. The van der Waals surface area contributed by atoms with Crippen LogP contribution in [0.1, 0.15) is 31.9 Å². The summed E-state index contributed by atoms with van der Waals surface area (Å²) in [5, 5.41) is 2.65. The van der Waals surface area contributed by atoms with E-state index in [9.17, 15) is 17.6 Å².